The highest BCUT2D eigenvalue weighted by Gasteiger charge is 2.44. The Morgan fingerprint density at radius 3 is 2.67 bits per heavy atom. The summed E-state index contributed by atoms with van der Waals surface area (Å²) in [5.41, 5.74) is -0.839. The number of carbonyl (C=O) groups excluding carboxylic acids is 1. The maximum absolute atomic E-state index is 15.7. The van der Waals surface area contributed by atoms with Crippen molar-refractivity contribution in [1.29, 1.82) is 0 Å². The molecule has 10 nitrogen and oxygen atoms in total. The number of ether oxygens (including phenoxy) is 2. The van der Waals surface area contributed by atoms with E-state index in [0.717, 1.165) is 30.7 Å². The Bertz CT molecular complexity index is 1650. The molecule has 0 spiro atoms. The van der Waals surface area contributed by atoms with E-state index >= 15 is 4.39 Å². The third-order valence-corrected chi connectivity index (χ3v) is 8.24. The van der Waals surface area contributed by atoms with Crippen molar-refractivity contribution in [2.45, 2.75) is 50.0 Å². The van der Waals surface area contributed by atoms with Crippen molar-refractivity contribution in [2.24, 2.45) is 0 Å². The highest BCUT2D eigenvalue weighted by atomic mass is 32.2. The van der Waals surface area contributed by atoms with Gasteiger partial charge in [-0.25, -0.2) is 9.18 Å². The van der Waals surface area contributed by atoms with E-state index in [4.69, 9.17) is 13.7 Å². The molecule has 1 aliphatic carbocycles. The van der Waals surface area contributed by atoms with E-state index in [-0.39, 0.29) is 61.0 Å². The second-order valence-corrected chi connectivity index (χ2v) is 12.5. The molecule has 0 unspecified atom stereocenters. The Kier molecular flexibility index (Phi) is 6.59. The number of hydrogen-bond donors (Lipinski definition) is 1. The van der Waals surface area contributed by atoms with Gasteiger partial charge < -0.3 is 24.0 Å². The van der Waals surface area contributed by atoms with Crippen LogP contribution in [0.25, 0.3) is 10.9 Å². The third-order valence-electron chi connectivity index (χ3n) is 7.69. The number of aromatic nitrogens is 1. The van der Waals surface area contributed by atoms with Gasteiger partial charge in [-0.3, -0.25) is 8.98 Å². The lowest BCUT2D eigenvalue weighted by atomic mass is 9.86. The molecule has 0 amide bonds. The van der Waals surface area contributed by atoms with Crippen molar-refractivity contribution in [2.75, 3.05) is 30.9 Å². The van der Waals surface area contributed by atoms with E-state index in [0.29, 0.717) is 5.52 Å². The lowest BCUT2D eigenvalue weighted by molar-refractivity contribution is -0.0376. The molecule has 3 heterocycles. The molecule has 1 aromatic heterocycles. The van der Waals surface area contributed by atoms with Crippen LogP contribution >= 0.6 is 0 Å². The van der Waals surface area contributed by atoms with E-state index < -0.39 is 45.6 Å². The number of fused-ring (bicyclic) bond motifs is 5. The Balaban J connectivity index is 1.35. The molecule has 0 bridgehead atoms. The van der Waals surface area contributed by atoms with Gasteiger partial charge >= 0.3 is 5.97 Å². The summed E-state index contributed by atoms with van der Waals surface area (Å²) < 4.78 is 56.8. The van der Waals surface area contributed by atoms with E-state index in [2.05, 4.69) is 0 Å². The van der Waals surface area contributed by atoms with Crippen LogP contribution in [0.1, 0.15) is 47.6 Å². The van der Waals surface area contributed by atoms with Gasteiger partial charge in [0.25, 0.3) is 10.1 Å². The van der Waals surface area contributed by atoms with Crippen molar-refractivity contribution in [3.8, 4) is 5.75 Å². The quantitative estimate of drug-likeness (QED) is 0.336. The fraction of sp³-hybridized carbons (Fsp3) is 0.429. The minimum Gasteiger partial charge on any atom is -0.487 e. The number of benzene rings is 2. The molecule has 2 fully saturated rings. The molecule has 1 N–H and O–H groups in total. The molecule has 1 saturated carbocycles. The lowest BCUT2D eigenvalue weighted by Crippen LogP contribution is -2.56. The zero-order valence-electron chi connectivity index (χ0n) is 21.8. The molecule has 2 atom stereocenters. The molecule has 2 aliphatic heterocycles. The van der Waals surface area contributed by atoms with Crippen molar-refractivity contribution in [3.63, 3.8) is 0 Å². The van der Waals surface area contributed by atoms with Gasteiger partial charge in [-0.2, -0.15) is 8.42 Å². The number of hydrogen-bond acceptors (Lipinski definition) is 9. The summed E-state index contributed by atoms with van der Waals surface area (Å²) in [6, 6.07) is 9.84. The first-order valence-electron chi connectivity index (χ1n) is 13.1. The van der Waals surface area contributed by atoms with Crippen LogP contribution in [0.4, 0.5) is 10.1 Å². The highest BCUT2D eigenvalue weighted by molar-refractivity contribution is 7.85. The summed E-state index contributed by atoms with van der Waals surface area (Å²) in [6.07, 6.45) is 4.34. The number of pyridine rings is 1. The first-order chi connectivity index (χ1) is 19.0. The van der Waals surface area contributed by atoms with Gasteiger partial charge in [0.15, 0.2) is 11.6 Å². The van der Waals surface area contributed by atoms with Crippen molar-refractivity contribution in [3.05, 3.63) is 69.8 Å². The molecule has 12 heteroatoms. The summed E-state index contributed by atoms with van der Waals surface area (Å²) in [7, 11) is -3.74. The Morgan fingerprint density at radius 1 is 1.23 bits per heavy atom. The van der Waals surface area contributed by atoms with Gasteiger partial charge in [-0.15, -0.1) is 0 Å². The van der Waals surface area contributed by atoms with Crippen LogP contribution in [0.15, 0.2) is 47.4 Å². The average Bonchev–Trinajstić information content (AvgIpc) is 3.77. The van der Waals surface area contributed by atoms with E-state index in [9.17, 15) is 23.1 Å². The largest absolute Gasteiger partial charge is 0.487 e. The fourth-order valence-electron chi connectivity index (χ4n) is 5.57. The monoisotopic (exact) mass is 572 g/mol. The number of carbonyl (C=O) groups is 1. The molecule has 40 heavy (non-hydrogen) atoms. The zero-order valence-corrected chi connectivity index (χ0v) is 22.7. The van der Waals surface area contributed by atoms with E-state index in [1.165, 1.54) is 6.20 Å². The van der Waals surface area contributed by atoms with E-state index in [1.807, 2.05) is 34.9 Å². The summed E-state index contributed by atoms with van der Waals surface area (Å²) in [5, 5.41) is 11.0. The molecule has 3 aliphatic rings. The first-order valence-corrected chi connectivity index (χ1v) is 14.9. The van der Waals surface area contributed by atoms with Gasteiger partial charge in [0.05, 0.1) is 35.4 Å². The van der Waals surface area contributed by atoms with Crippen LogP contribution in [-0.4, -0.2) is 61.7 Å². The van der Waals surface area contributed by atoms with Crippen LogP contribution in [0, 0.1) is 5.82 Å². The minimum atomic E-state index is -3.74. The van der Waals surface area contributed by atoms with Gasteiger partial charge in [0.1, 0.15) is 24.5 Å². The van der Waals surface area contributed by atoms with Gasteiger partial charge in [-0.1, -0.05) is 30.3 Å². The fourth-order valence-corrected chi connectivity index (χ4v) is 6.00. The number of esters is 1. The summed E-state index contributed by atoms with van der Waals surface area (Å²) in [6.45, 7) is -0.0785. The van der Waals surface area contributed by atoms with Crippen molar-refractivity contribution in [1.82, 2.24) is 4.57 Å². The van der Waals surface area contributed by atoms with Gasteiger partial charge in [-0.05, 0) is 30.9 Å². The van der Waals surface area contributed by atoms with Crippen LogP contribution in [0.3, 0.4) is 0 Å². The van der Waals surface area contributed by atoms with Crippen LogP contribution in [-0.2, 0) is 25.6 Å². The number of aliphatic hydroxyl groups is 1. The predicted molar refractivity (Wildman–Crippen MR) is 144 cm³/mol. The second kappa shape index (κ2) is 9.86. The summed E-state index contributed by atoms with van der Waals surface area (Å²) in [5.74, 6) is -1.24. The maximum atomic E-state index is 15.7. The smallest absolute Gasteiger partial charge is 0.343 e. The lowest BCUT2D eigenvalue weighted by Gasteiger charge is -2.47. The average molecular weight is 573 g/mol. The molecular formula is C28H29FN2O8S. The zero-order chi connectivity index (χ0) is 28.2. The first kappa shape index (κ1) is 26.7. The van der Waals surface area contributed by atoms with E-state index in [1.54, 1.807) is 4.90 Å². The number of nitrogens with zero attached hydrogens (tertiary/aromatic N) is 2. The number of rotatable bonds is 7. The third kappa shape index (κ3) is 5.06. The molecule has 2 aromatic carbocycles. The molecule has 3 aromatic rings. The molecule has 1 saturated heterocycles. The van der Waals surface area contributed by atoms with Gasteiger partial charge in [0.2, 0.25) is 5.43 Å². The number of halogens is 1. The topological polar surface area (TPSA) is 124 Å². The summed E-state index contributed by atoms with van der Waals surface area (Å²) >= 11 is 0. The second-order valence-electron chi connectivity index (χ2n) is 10.8. The standard InChI is InChI=1S/C28H29FN2O8S/c1-40(35,36)39-16-28(34)9-10-30-19(12-28)15-37-26-23-20(11-22(29)24(26)30)25(32)21(13-31(23)18-7-8-18)27(33)38-14-17-5-3-2-4-6-17/h2-6,11,13,18-19,34H,7-10,12,14-16H2,1H3/t19-,28+/m1/s1. The maximum Gasteiger partial charge on any atom is 0.343 e. The number of anilines is 1. The molecular weight excluding hydrogens is 543 g/mol. The highest BCUT2D eigenvalue weighted by Crippen LogP contribution is 2.47. The number of piperidine rings is 1. The Morgan fingerprint density at radius 2 is 1.98 bits per heavy atom. The molecule has 6 rings (SSSR count). The minimum absolute atomic E-state index is 0.000161. The summed E-state index contributed by atoms with van der Waals surface area (Å²) in [4.78, 5) is 28.3. The van der Waals surface area contributed by atoms with Crippen LogP contribution in [0.2, 0.25) is 0 Å². The van der Waals surface area contributed by atoms with Crippen LogP contribution in [0.5, 0.6) is 5.75 Å². The van der Waals surface area contributed by atoms with Gasteiger partial charge in [0, 0.05) is 25.2 Å². The SMILES string of the molecule is CS(=O)(=O)OC[C@]1(O)CCN2c3c(F)cc4c(=O)c(C(=O)OCc5ccccc5)cn(C5CC5)c4c3OC[C@H]2C1. The normalized spacial score (nSPS) is 22.4. The Labute approximate surface area is 230 Å². The predicted octanol–water partition coefficient (Wildman–Crippen LogP) is 2.90. The van der Waals surface area contributed by atoms with Crippen LogP contribution < -0.4 is 15.1 Å². The van der Waals surface area contributed by atoms with Crippen molar-refractivity contribution < 1.29 is 36.4 Å². The molecule has 0 radical (unpaired) electrons. The van der Waals surface area contributed by atoms with Crippen molar-refractivity contribution >= 4 is 32.7 Å². The molecule has 212 valence electrons. The Hall–Kier alpha value is -3.48.